The normalized spacial score (nSPS) is 11.5. The number of aryl methyl sites for hydroxylation is 1. The molecule has 0 unspecified atom stereocenters. The van der Waals surface area contributed by atoms with E-state index in [0.717, 1.165) is 30.3 Å². The molecule has 110 valence electrons. The average molecular weight is 317 g/mol. The summed E-state index contributed by atoms with van der Waals surface area (Å²) in [5, 5.41) is -0.0840. The molecule has 2 aromatic carbocycles. The van der Waals surface area contributed by atoms with E-state index in [2.05, 4.69) is 0 Å². The van der Waals surface area contributed by atoms with E-state index in [4.69, 9.17) is 11.6 Å². The van der Waals surface area contributed by atoms with E-state index >= 15 is 0 Å². The lowest BCUT2D eigenvalue weighted by atomic mass is 9.97. The molecular weight excluding hydrogens is 308 g/mol. The minimum Gasteiger partial charge on any atom is -0.289 e. The van der Waals surface area contributed by atoms with Crippen LogP contribution in [0.3, 0.4) is 0 Å². The van der Waals surface area contributed by atoms with Crippen LogP contribution in [-0.2, 0) is 6.18 Å². The van der Waals surface area contributed by atoms with E-state index < -0.39 is 23.3 Å². The lowest BCUT2D eigenvalue weighted by molar-refractivity contribution is -0.137. The Labute approximate surface area is 123 Å². The number of rotatable bonds is 2. The summed E-state index contributed by atoms with van der Waals surface area (Å²) in [7, 11) is 0. The molecule has 0 aliphatic rings. The fourth-order valence-electron chi connectivity index (χ4n) is 1.91. The molecule has 6 heteroatoms. The van der Waals surface area contributed by atoms with Crippen LogP contribution >= 0.6 is 11.6 Å². The van der Waals surface area contributed by atoms with Gasteiger partial charge in [-0.05, 0) is 42.8 Å². The Morgan fingerprint density at radius 3 is 2.19 bits per heavy atom. The number of ketones is 1. The molecular formula is C15H9ClF4O. The summed E-state index contributed by atoms with van der Waals surface area (Å²) in [4.78, 5) is 12.3. The third-order valence-corrected chi connectivity index (χ3v) is 3.29. The van der Waals surface area contributed by atoms with E-state index in [1.807, 2.05) is 0 Å². The summed E-state index contributed by atoms with van der Waals surface area (Å²) in [5.74, 6) is -1.15. The molecule has 0 N–H and O–H groups in total. The second-order valence-corrected chi connectivity index (χ2v) is 4.89. The maximum Gasteiger partial charge on any atom is 0.416 e. The highest BCUT2D eigenvalue weighted by Gasteiger charge is 2.31. The van der Waals surface area contributed by atoms with Gasteiger partial charge in [0.05, 0.1) is 10.6 Å². The minimum absolute atomic E-state index is 0.0425. The van der Waals surface area contributed by atoms with E-state index in [1.54, 1.807) is 0 Å². The summed E-state index contributed by atoms with van der Waals surface area (Å²) >= 11 is 5.79. The smallest absolute Gasteiger partial charge is 0.289 e. The van der Waals surface area contributed by atoms with Gasteiger partial charge in [0.15, 0.2) is 5.78 Å². The van der Waals surface area contributed by atoms with Gasteiger partial charge in [-0.1, -0.05) is 17.7 Å². The zero-order valence-corrected chi connectivity index (χ0v) is 11.5. The first-order valence-corrected chi connectivity index (χ1v) is 6.25. The van der Waals surface area contributed by atoms with Crippen LogP contribution in [0.5, 0.6) is 0 Å². The van der Waals surface area contributed by atoms with Crippen molar-refractivity contribution in [1.82, 2.24) is 0 Å². The van der Waals surface area contributed by atoms with Crippen molar-refractivity contribution >= 4 is 17.4 Å². The molecule has 0 heterocycles. The number of hydrogen-bond donors (Lipinski definition) is 0. The summed E-state index contributed by atoms with van der Waals surface area (Å²) in [5.41, 5.74) is -0.519. The Balaban J connectivity index is 2.45. The molecule has 0 bridgehead atoms. The van der Waals surface area contributed by atoms with Crippen LogP contribution in [0.2, 0.25) is 5.02 Å². The molecule has 0 amide bonds. The lowest BCUT2D eigenvalue weighted by Crippen LogP contribution is -2.09. The standard InChI is InChI=1S/C15H9ClF4O/c1-8-6-9(15(18,19)20)2-4-11(8)14(21)12-5-3-10(17)7-13(12)16/h2-7H,1H3. The van der Waals surface area contributed by atoms with Crippen molar-refractivity contribution in [2.45, 2.75) is 13.1 Å². The van der Waals surface area contributed by atoms with Gasteiger partial charge in [0.1, 0.15) is 5.82 Å². The topological polar surface area (TPSA) is 17.1 Å². The first-order valence-electron chi connectivity index (χ1n) is 5.88. The third-order valence-electron chi connectivity index (χ3n) is 2.97. The van der Waals surface area contributed by atoms with Crippen molar-refractivity contribution in [3.8, 4) is 0 Å². The fraction of sp³-hybridized carbons (Fsp3) is 0.133. The fourth-order valence-corrected chi connectivity index (χ4v) is 2.17. The van der Waals surface area contributed by atoms with Crippen molar-refractivity contribution in [3.63, 3.8) is 0 Å². The van der Waals surface area contributed by atoms with Crippen LogP contribution in [-0.4, -0.2) is 5.78 Å². The van der Waals surface area contributed by atoms with Crippen LogP contribution in [0.4, 0.5) is 17.6 Å². The molecule has 0 fully saturated rings. The molecule has 0 radical (unpaired) electrons. The highest BCUT2D eigenvalue weighted by Crippen LogP contribution is 2.31. The van der Waals surface area contributed by atoms with Gasteiger partial charge in [-0.25, -0.2) is 4.39 Å². The molecule has 1 nitrogen and oxygen atoms in total. The monoisotopic (exact) mass is 316 g/mol. The Kier molecular flexibility index (Phi) is 4.05. The number of carbonyl (C=O) groups excluding carboxylic acids is 1. The molecule has 0 saturated heterocycles. The summed E-state index contributed by atoms with van der Waals surface area (Å²) in [6.45, 7) is 1.40. The second-order valence-electron chi connectivity index (χ2n) is 4.48. The molecule has 0 spiro atoms. The molecule has 2 aromatic rings. The third kappa shape index (κ3) is 3.24. The predicted octanol–water partition coefficient (Wildman–Crippen LogP) is 5.04. The van der Waals surface area contributed by atoms with Crippen molar-refractivity contribution < 1.29 is 22.4 Å². The number of hydrogen-bond acceptors (Lipinski definition) is 1. The van der Waals surface area contributed by atoms with Gasteiger partial charge in [0.2, 0.25) is 0 Å². The van der Waals surface area contributed by atoms with Crippen molar-refractivity contribution in [1.29, 1.82) is 0 Å². The number of halogens is 5. The SMILES string of the molecule is Cc1cc(C(F)(F)F)ccc1C(=O)c1ccc(F)cc1Cl. The van der Waals surface area contributed by atoms with Gasteiger partial charge >= 0.3 is 6.18 Å². The summed E-state index contributed by atoms with van der Waals surface area (Å²) in [6, 6.07) is 6.08. The molecule has 2 rings (SSSR count). The largest absolute Gasteiger partial charge is 0.416 e. The Bertz CT molecular complexity index is 707. The lowest BCUT2D eigenvalue weighted by Gasteiger charge is -2.11. The predicted molar refractivity (Wildman–Crippen MR) is 71.0 cm³/mol. The van der Waals surface area contributed by atoms with E-state index in [-0.39, 0.29) is 21.7 Å². The maximum atomic E-state index is 13.0. The molecule has 0 aliphatic carbocycles. The summed E-state index contributed by atoms with van der Waals surface area (Å²) < 4.78 is 50.7. The average Bonchev–Trinajstić information content (AvgIpc) is 2.36. The maximum absolute atomic E-state index is 13.0. The quantitative estimate of drug-likeness (QED) is 0.560. The van der Waals surface area contributed by atoms with Crippen LogP contribution in [0.1, 0.15) is 27.0 Å². The van der Waals surface area contributed by atoms with E-state index in [1.165, 1.54) is 13.0 Å². The van der Waals surface area contributed by atoms with Crippen molar-refractivity contribution in [2.75, 3.05) is 0 Å². The zero-order valence-electron chi connectivity index (χ0n) is 10.8. The molecule has 0 aromatic heterocycles. The molecule has 21 heavy (non-hydrogen) atoms. The van der Waals surface area contributed by atoms with Crippen molar-refractivity contribution in [3.05, 3.63) is 69.5 Å². The number of benzene rings is 2. The van der Waals surface area contributed by atoms with Crippen LogP contribution < -0.4 is 0 Å². The highest BCUT2D eigenvalue weighted by molar-refractivity contribution is 6.35. The number of carbonyl (C=O) groups is 1. The van der Waals surface area contributed by atoms with E-state index in [9.17, 15) is 22.4 Å². The van der Waals surface area contributed by atoms with Crippen molar-refractivity contribution in [2.24, 2.45) is 0 Å². The number of alkyl halides is 3. The van der Waals surface area contributed by atoms with Gasteiger partial charge in [-0.15, -0.1) is 0 Å². The highest BCUT2D eigenvalue weighted by atomic mass is 35.5. The zero-order chi connectivity index (χ0) is 15.8. The van der Waals surface area contributed by atoms with Gasteiger partial charge < -0.3 is 0 Å². The first kappa shape index (κ1) is 15.5. The molecule has 0 aliphatic heterocycles. The first-order chi connectivity index (χ1) is 9.70. The van der Waals surface area contributed by atoms with Crippen LogP contribution in [0.25, 0.3) is 0 Å². The Morgan fingerprint density at radius 2 is 1.67 bits per heavy atom. The Morgan fingerprint density at radius 1 is 1.05 bits per heavy atom. The Hall–Kier alpha value is -1.88. The minimum atomic E-state index is -4.47. The van der Waals surface area contributed by atoms with Crippen LogP contribution in [0.15, 0.2) is 36.4 Å². The van der Waals surface area contributed by atoms with Gasteiger partial charge in [-0.2, -0.15) is 13.2 Å². The van der Waals surface area contributed by atoms with Gasteiger partial charge in [-0.3, -0.25) is 4.79 Å². The second kappa shape index (κ2) is 5.48. The van der Waals surface area contributed by atoms with Crippen LogP contribution in [0, 0.1) is 12.7 Å². The van der Waals surface area contributed by atoms with E-state index in [0.29, 0.717) is 0 Å². The van der Waals surface area contributed by atoms with Gasteiger partial charge in [0.25, 0.3) is 0 Å². The van der Waals surface area contributed by atoms with Gasteiger partial charge in [0, 0.05) is 11.1 Å². The summed E-state index contributed by atoms with van der Waals surface area (Å²) in [6.07, 6.45) is -4.47. The molecule has 0 saturated carbocycles. The molecule has 0 atom stereocenters.